The number of nitrogens with zero attached hydrogens (tertiary/aromatic N) is 1. The van der Waals surface area contributed by atoms with E-state index < -0.39 is 0 Å². The molecule has 0 bridgehead atoms. The van der Waals surface area contributed by atoms with Gasteiger partial charge in [0.2, 0.25) is 0 Å². The Bertz CT molecular complexity index is 460. The molecule has 0 aliphatic rings. The first-order chi connectivity index (χ1) is 6.72. The van der Waals surface area contributed by atoms with Crippen LogP contribution in [0.5, 0.6) is 5.88 Å². The highest BCUT2D eigenvalue weighted by Gasteiger charge is 2.06. The van der Waals surface area contributed by atoms with E-state index in [-0.39, 0.29) is 12.5 Å². The van der Waals surface area contributed by atoms with E-state index in [1.165, 1.54) is 5.56 Å². The van der Waals surface area contributed by atoms with Crippen molar-refractivity contribution in [2.24, 2.45) is 0 Å². The number of aliphatic hydroxyl groups is 1. The molecule has 3 nitrogen and oxygen atoms in total. The fraction of sp³-hybridized carbons (Fsp3) is 0.273. The summed E-state index contributed by atoms with van der Waals surface area (Å²) < 4.78 is 1.70. The topological polar surface area (TPSA) is 45.4 Å². The summed E-state index contributed by atoms with van der Waals surface area (Å²) >= 11 is 0. The van der Waals surface area contributed by atoms with Crippen molar-refractivity contribution in [3.05, 3.63) is 29.8 Å². The molecule has 0 aliphatic carbocycles. The van der Waals surface area contributed by atoms with Crippen molar-refractivity contribution in [2.75, 3.05) is 6.61 Å². The van der Waals surface area contributed by atoms with E-state index in [0.29, 0.717) is 6.54 Å². The zero-order valence-corrected chi connectivity index (χ0v) is 8.07. The average Bonchev–Trinajstić information content (AvgIpc) is 2.43. The van der Waals surface area contributed by atoms with Crippen LogP contribution >= 0.6 is 0 Å². The number of hydrogen-bond acceptors (Lipinski definition) is 2. The third kappa shape index (κ3) is 1.36. The molecule has 0 aliphatic heterocycles. The lowest BCUT2D eigenvalue weighted by Crippen LogP contribution is -2.00. The van der Waals surface area contributed by atoms with Crippen molar-refractivity contribution in [3.8, 4) is 5.88 Å². The van der Waals surface area contributed by atoms with E-state index in [9.17, 15) is 5.11 Å². The second kappa shape index (κ2) is 3.35. The van der Waals surface area contributed by atoms with Gasteiger partial charge in [0.1, 0.15) is 0 Å². The molecule has 3 heteroatoms. The molecule has 0 atom stereocenters. The van der Waals surface area contributed by atoms with E-state index in [1.807, 2.05) is 25.1 Å². The summed E-state index contributed by atoms with van der Waals surface area (Å²) in [6.45, 7) is 2.48. The molecule has 2 aromatic rings. The molecule has 0 radical (unpaired) electrons. The Labute approximate surface area is 82.2 Å². The molecule has 2 N–H and O–H groups in total. The van der Waals surface area contributed by atoms with Crippen LogP contribution < -0.4 is 0 Å². The van der Waals surface area contributed by atoms with Crippen molar-refractivity contribution in [1.82, 2.24) is 4.57 Å². The van der Waals surface area contributed by atoms with Gasteiger partial charge in [-0.15, -0.1) is 0 Å². The lowest BCUT2D eigenvalue weighted by atomic mass is 10.2. The molecule has 1 aromatic heterocycles. The maximum atomic E-state index is 9.61. The fourth-order valence-corrected chi connectivity index (χ4v) is 1.71. The van der Waals surface area contributed by atoms with Gasteiger partial charge in [0.05, 0.1) is 12.1 Å². The van der Waals surface area contributed by atoms with Gasteiger partial charge in [-0.25, -0.2) is 0 Å². The minimum Gasteiger partial charge on any atom is -0.494 e. The Hall–Kier alpha value is -1.48. The number of rotatable bonds is 2. The lowest BCUT2D eigenvalue weighted by Gasteiger charge is -2.03. The average molecular weight is 191 g/mol. The molecule has 0 unspecified atom stereocenters. The van der Waals surface area contributed by atoms with Crippen molar-refractivity contribution in [1.29, 1.82) is 0 Å². The van der Waals surface area contributed by atoms with Crippen molar-refractivity contribution >= 4 is 10.9 Å². The summed E-state index contributed by atoms with van der Waals surface area (Å²) in [5, 5.41) is 19.5. The lowest BCUT2D eigenvalue weighted by molar-refractivity contribution is 0.269. The van der Waals surface area contributed by atoms with Crippen LogP contribution in [0.25, 0.3) is 10.9 Å². The first-order valence-electron chi connectivity index (χ1n) is 4.62. The molecule has 14 heavy (non-hydrogen) atoms. The SMILES string of the molecule is Cc1ccc2c(c1)cc(O)n2CCO. The number of aliphatic hydroxyl groups excluding tert-OH is 1. The van der Waals surface area contributed by atoms with Crippen LogP contribution in [0.2, 0.25) is 0 Å². The van der Waals surface area contributed by atoms with Gasteiger partial charge in [-0.3, -0.25) is 0 Å². The maximum absolute atomic E-state index is 9.61. The Morgan fingerprint density at radius 2 is 2.07 bits per heavy atom. The number of aryl methyl sites for hydroxylation is 1. The molecular formula is C11H13NO2. The minimum atomic E-state index is 0.0330. The van der Waals surface area contributed by atoms with Gasteiger partial charge in [-0.2, -0.15) is 0 Å². The van der Waals surface area contributed by atoms with Crippen LogP contribution in [0.15, 0.2) is 24.3 Å². The molecule has 0 fully saturated rings. The quantitative estimate of drug-likeness (QED) is 0.758. The van der Waals surface area contributed by atoms with Crippen LogP contribution in [-0.2, 0) is 6.54 Å². The highest BCUT2D eigenvalue weighted by Crippen LogP contribution is 2.24. The normalized spacial score (nSPS) is 11.0. The van der Waals surface area contributed by atoms with Gasteiger partial charge in [-0.05, 0) is 19.1 Å². The van der Waals surface area contributed by atoms with Gasteiger partial charge in [0.25, 0.3) is 0 Å². The molecule has 0 saturated carbocycles. The van der Waals surface area contributed by atoms with Crippen molar-refractivity contribution in [2.45, 2.75) is 13.5 Å². The molecule has 0 spiro atoms. The van der Waals surface area contributed by atoms with E-state index >= 15 is 0 Å². The number of fused-ring (bicyclic) bond motifs is 1. The minimum absolute atomic E-state index is 0.0330. The zero-order chi connectivity index (χ0) is 10.1. The summed E-state index contributed by atoms with van der Waals surface area (Å²) in [5.74, 6) is 0.208. The van der Waals surface area contributed by atoms with Crippen LogP contribution in [0.3, 0.4) is 0 Å². The Morgan fingerprint density at radius 3 is 2.79 bits per heavy atom. The predicted molar refractivity (Wildman–Crippen MR) is 55.4 cm³/mol. The van der Waals surface area contributed by atoms with E-state index in [0.717, 1.165) is 10.9 Å². The van der Waals surface area contributed by atoms with Crippen LogP contribution in [0.1, 0.15) is 5.56 Å². The second-order valence-corrected chi connectivity index (χ2v) is 3.44. The molecule has 1 heterocycles. The molecule has 0 saturated heterocycles. The molecule has 1 aromatic carbocycles. The zero-order valence-electron chi connectivity index (χ0n) is 8.07. The fourth-order valence-electron chi connectivity index (χ4n) is 1.71. The Balaban J connectivity index is 2.64. The smallest absolute Gasteiger partial charge is 0.192 e. The summed E-state index contributed by atoms with van der Waals surface area (Å²) in [6.07, 6.45) is 0. The largest absolute Gasteiger partial charge is 0.494 e. The standard InChI is InChI=1S/C11H13NO2/c1-8-2-3-10-9(6-8)7-11(14)12(10)4-5-13/h2-3,6-7,13-14H,4-5H2,1H3. The summed E-state index contributed by atoms with van der Waals surface area (Å²) in [5.41, 5.74) is 2.13. The van der Waals surface area contributed by atoms with Crippen molar-refractivity contribution in [3.63, 3.8) is 0 Å². The van der Waals surface area contributed by atoms with Gasteiger partial charge >= 0.3 is 0 Å². The monoisotopic (exact) mass is 191 g/mol. The van der Waals surface area contributed by atoms with Gasteiger partial charge in [0, 0.05) is 18.0 Å². The van der Waals surface area contributed by atoms with Crippen LogP contribution in [0, 0.1) is 6.92 Å². The van der Waals surface area contributed by atoms with Gasteiger partial charge < -0.3 is 14.8 Å². The first kappa shape index (κ1) is 9.09. The van der Waals surface area contributed by atoms with Crippen LogP contribution in [0.4, 0.5) is 0 Å². The van der Waals surface area contributed by atoms with Crippen LogP contribution in [-0.4, -0.2) is 21.4 Å². The highest BCUT2D eigenvalue weighted by molar-refractivity contribution is 5.83. The van der Waals surface area contributed by atoms with E-state index in [1.54, 1.807) is 10.6 Å². The van der Waals surface area contributed by atoms with E-state index in [2.05, 4.69) is 0 Å². The maximum Gasteiger partial charge on any atom is 0.192 e. The molecule has 2 rings (SSSR count). The summed E-state index contributed by atoms with van der Waals surface area (Å²) in [4.78, 5) is 0. The van der Waals surface area contributed by atoms with Gasteiger partial charge in [-0.1, -0.05) is 11.6 Å². The third-order valence-corrected chi connectivity index (χ3v) is 2.36. The second-order valence-electron chi connectivity index (χ2n) is 3.44. The van der Waals surface area contributed by atoms with Gasteiger partial charge in [0.15, 0.2) is 5.88 Å². The number of hydrogen-bond donors (Lipinski definition) is 2. The molecule has 74 valence electrons. The van der Waals surface area contributed by atoms with Crippen molar-refractivity contribution < 1.29 is 10.2 Å². The van der Waals surface area contributed by atoms with E-state index in [4.69, 9.17) is 5.11 Å². The number of aromatic hydroxyl groups is 1. The number of benzene rings is 1. The molecule has 0 amide bonds. The Kier molecular flexibility index (Phi) is 2.17. The third-order valence-electron chi connectivity index (χ3n) is 2.36. The summed E-state index contributed by atoms with van der Waals surface area (Å²) in [6, 6.07) is 7.69. The summed E-state index contributed by atoms with van der Waals surface area (Å²) in [7, 11) is 0. The molecular weight excluding hydrogens is 178 g/mol. The Morgan fingerprint density at radius 1 is 1.29 bits per heavy atom. The predicted octanol–water partition coefficient (Wildman–Crippen LogP) is 1.65. The number of aromatic nitrogens is 1. The highest BCUT2D eigenvalue weighted by atomic mass is 16.3. The first-order valence-corrected chi connectivity index (χ1v) is 4.62.